The summed E-state index contributed by atoms with van der Waals surface area (Å²) in [5.74, 6) is -1.82. The number of carbonyl (C=O) groups is 4. The van der Waals surface area contributed by atoms with Crippen molar-refractivity contribution in [3.63, 3.8) is 0 Å². The monoisotopic (exact) mass is 699 g/mol. The Bertz CT molecular complexity index is 1720. The van der Waals surface area contributed by atoms with Crippen LogP contribution in [0.1, 0.15) is 81.4 Å². The second-order valence-electron chi connectivity index (χ2n) is 13.6. The van der Waals surface area contributed by atoms with Gasteiger partial charge < -0.3 is 20.9 Å². The van der Waals surface area contributed by atoms with Gasteiger partial charge in [-0.2, -0.15) is 5.10 Å². The van der Waals surface area contributed by atoms with Crippen molar-refractivity contribution in [2.75, 3.05) is 31.5 Å². The number of allylic oxidation sites excluding steroid dienone is 1. The van der Waals surface area contributed by atoms with Gasteiger partial charge in [0.15, 0.2) is 0 Å². The maximum absolute atomic E-state index is 15.8. The van der Waals surface area contributed by atoms with Gasteiger partial charge in [0.2, 0.25) is 11.8 Å². The van der Waals surface area contributed by atoms with Gasteiger partial charge in [-0.15, -0.1) is 0 Å². The van der Waals surface area contributed by atoms with Crippen molar-refractivity contribution in [3.05, 3.63) is 89.1 Å². The summed E-state index contributed by atoms with van der Waals surface area (Å²) in [7, 11) is 0. The van der Waals surface area contributed by atoms with Crippen molar-refractivity contribution in [1.82, 2.24) is 30.2 Å². The summed E-state index contributed by atoms with van der Waals surface area (Å²) in [5.41, 5.74) is 2.43. The van der Waals surface area contributed by atoms with E-state index >= 15 is 4.39 Å². The van der Waals surface area contributed by atoms with Crippen LogP contribution in [-0.4, -0.2) is 75.4 Å². The normalized spacial score (nSPS) is 19.1. The van der Waals surface area contributed by atoms with Crippen molar-refractivity contribution in [2.45, 2.75) is 78.9 Å². The van der Waals surface area contributed by atoms with E-state index in [1.807, 2.05) is 25.1 Å². The van der Waals surface area contributed by atoms with Gasteiger partial charge in [0, 0.05) is 51.9 Å². The zero-order valence-corrected chi connectivity index (χ0v) is 30.1. The van der Waals surface area contributed by atoms with Crippen molar-refractivity contribution in [2.24, 2.45) is 11.8 Å². The molecule has 3 N–H and O–H groups in total. The third-order valence-electron chi connectivity index (χ3n) is 10.1. The standard InChI is InChI=1S/C39H50FN7O4/c1-5-34(48)43-35(39(51)46-22-20-45(21-23-46)25-28-10-8-7-9-11-28)27(4)30-16-17-32(31(40)24-30)42-38(50)36(29-14-12-26(3)13-15-29)44-37(49)33-18-19-41-47(33)6-2/h7-11,16-19,24,26,29,36H,5-6,12-15,20-23,25H2,1-4H3,(H,42,50)(H,43,48)(H,44,49)/b35-27+/t26?,29?,36-/m0/s1. The van der Waals surface area contributed by atoms with Gasteiger partial charge in [0.1, 0.15) is 23.3 Å². The van der Waals surface area contributed by atoms with Gasteiger partial charge >= 0.3 is 0 Å². The highest BCUT2D eigenvalue weighted by Gasteiger charge is 2.34. The number of nitrogens with zero attached hydrogens (tertiary/aromatic N) is 4. The van der Waals surface area contributed by atoms with Gasteiger partial charge in [0.25, 0.3) is 11.8 Å². The molecule has 0 radical (unpaired) electrons. The topological polar surface area (TPSA) is 129 Å². The predicted octanol–water partition coefficient (Wildman–Crippen LogP) is 5.21. The predicted molar refractivity (Wildman–Crippen MR) is 195 cm³/mol. The molecule has 0 bridgehead atoms. The lowest BCUT2D eigenvalue weighted by molar-refractivity contribution is -0.131. The minimum Gasteiger partial charge on any atom is -0.339 e. The summed E-state index contributed by atoms with van der Waals surface area (Å²) in [6.07, 6.45) is 5.12. The molecular formula is C39H50FN7O4. The molecule has 5 rings (SSSR count). The fourth-order valence-electron chi connectivity index (χ4n) is 6.86. The van der Waals surface area contributed by atoms with Crippen LogP contribution in [0.4, 0.5) is 10.1 Å². The fourth-order valence-corrected chi connectivity index (χ4v) is 6.86. The van der Waals surface area contributed by atoms with Crippen LogP contribution in [0.5, 0.6) is 0 Å². The van der Waals surface area contributed by atoms with E-state index in [-0.39, 0.29) is 35.5 Å². The SMILES string of the molecule is CCC(=O)N/C(C(=O)N1CCN(Cc2ccccc2)CC1)=C(\C)c1ccc(NC(=O)[C@@H](NC(=O)c2ccnn2CC)C2CCC(C)CC2)c(F)c1. The Balaban J connectivity index is 1.32. The molecule has 1 aliphatic carbocycles. The number of hydrogen-bond donors (Lipinski definition) is 3. The van der Waals surface area contributed by atoms with Gasteiger partial charge in [-0.25, -0.2) is 4.39 Å². The van der Waals surface area contributed by atoms with E-state index in [0.29, 0.717) is 55.5 Å². The van der Waals surface area contributed by atoms with Crippen molar-refractivity contribution >= 4 is 34.9 Å². The summed E-state index contributed by atoms with van der Waals surface area (Å²) in [6, 6.07) is 15.2. The van der Waals surface area contributed by atoms with E-state index in [2.05, 4.69) is 45.0 Å². The first-order chi connectivity index (χ1) is 24.6. The van der Waals surface area contributed by atoms with Crippen LogP contribution >= 0.6 is 0 Å². The number of halogens is 1. The summed E-state index contributed by atoms with van der Waals surface area (Å²) in [4.78, 5) is 57.4. The lowest BCUT2D eigenvalue weighted by atomic mass is 9.79. The van der Waals surface area contributed by atoms with Gasteiger partial charge in [0.05, 0.1) is 5.69 Å². The highest BCUT2D eigenvalue weighted by Crippen LogP contribution is 2.32. The van der Waals surface area contributed by atoms with E-state index in [1.165, 1.54) is 17.7 Å². The molecule has 3 aromatic rings. The Hall–Kier alpha value is -4.84. The van der Waals surface area contributed by atoms with Crippen molar-refractivity contribution in [3.8, 4) is 0 Å². The van der Waals surface area contributed by atoms with Gasteiger partial charge in [-0.05, 0) is 73.4 Å². The summed E-state index contributed by atoms with van der Waals surface area (Å²) in [6.45, 7) is 11.1. The Kier molecular flexibility index (Phi) is 12.8. The Morgan fingerprint density at radius 1 is 0.941 bits per heavy atom. The lowest BCUT2D eigenvalue weighted by Gasteiger charge is -2.35. The minimum atomic E-state index is -0.868. The molecule has 4 amide bonds. The lowest BCUT2D eigenvalue weighted by Crippen LogP contribution is -2.50. The number of hydrogen-bond acceptors (Lipinski definition) is 6. The molecule has 1 atom stereocenters. The second-order valence-corrected chi connectivity index (χ2v) is 13.6. The van der Waals surface area contributed by atoms with Crippen LogP contribution in [0.25, 0.3) is 5.57 Å². The number of anilines is 1. The van der Waals surface area contributed by atoms with Crippen molar-refractivity contribution in [1.29, 1.82) is 0 Å². The number of rotatable bonds is 12. The Morgan fingerprint density at radius 2 is 1.65 bits per heavy atom. The number of nitrogens with one attached hydrogen (secondary N) is 3. The summed E-state index contributed by atoms with van der Waals surface area (Å²) >= 11 is 0. The molecule has 2 aromatic carbocycles. The first kappa shape index (κ1) is 37.4. The zero-order valence-electron chi connectivity index (χ0n) is 30.1. The summed E-state index contributed by atoms with van der Waals surface area (Å²) < 4.78 is 17.3. The quantitative estimate of drug-likeness (QED) is 0.223. The largest absolute Gasteiger partial charge is 0.339 e. The van der Waals surface area contributed by atoms with Crippen LogP contribution in [0.3, 0.4) is 0 Å². The average molecular weight is 700 g/mol. The van der Waals surface area contributed by atoms with Gasteiger partial charge in [-0.3, -0.25) is 28.8 Å². The number of carbonyl (C=O) groups excluding carboxylic acids is 4. The molecule has 0 spiro atoms. The van der Waals surface area contributed by atoms with Crippen LogP contribution < -0.4 is 16.0 Å². The number of aryl methyl sites for hydroxylation is 1. The molecule has 272 valence electrons. The minimum absolute atomic E-state index is 0.0430. The molecule has 1 aromatic heterocycles. The third-order valence-corrected chi connectivity index (χ3v) is 10.1. The van der Waals surface area contributed by atoms with E-state index in [9.17, 15) is 19.2 Å². The number of amides is 4. The highest BCUT2D eigenvalue weighted by molar-refractivity contribution is 6.04. The molecule has 2 fully saturated rings. The molecule has 2 heterocycles. The van der Waals surface area contributed by atoms with E-state index in [4.69, 9.17) is 0 Å². The highest BCUT2D eigenvalue weighted by atomic mass is 19.1. The first-order valence-electron chi connectivity index (χ1n) is 18.1. The van der Waals surface area contributed by atoms with Crippen molar-refractivity contribution < 1.29 is 23.6 Å². The molecule has 11 nitrogen and oxygen atoms in total. The third kappa shape index (κ3) is 9.49. The maximum Gasteiger partial charge on any atom is 0.270 e. The molecule has 1 aliphatic heterocycles. The number of benzene rings is 2. The number of piperazine rings is 1. The van der Waals surface area contributed by atoms with E-state index in [0.717, 1.165) is 32.2 Å². The fraction of sp³-hybridized carbons (Fsp3) is 0.462. The Labute approximate surface area is 299 Å². The molecule has 1 saturated heterocycles. The van der Waals surface area contributed by atoms with Crippen LogP contribution in [-0.2, 0) is 27.5 Å². The molecule has 2 aliphatic rings. The molecule has 1 saturated carbocycles. The molecule has 51 heavy (non-hydrogen) atoms. The summed E-state index contributed by atoms with van der Waals surface area (Å²) in [5, 5.41) is 12.6. The molecular weight excluding hydrogens is 649 g/mol. The van der Waals surface area contributed by atoms with Gasteiger partial charge in [-0.1, -0.05) is 63.1 Å². The second kappa shape index (κ2) is 17.4. The average Bonchev–Trinajstić information content (AvgIpc) is 3.63. The van der Waals surface area contributed by atoms with E-state index in [1.54, 1.807) is 41.8 Å². The zero-order chi connectivity index (χ0) is 36.5. The first-order valence-corrected chi connectivity index (χ1v) is 18.1. The number of aromatic nitrogens is 2. The molecule has 0 unspecified atom stereocenters. The van der Waals surface area contributed by atoms with Crippen LogP contribution in [0.2, 0.25) is 0 Å². The van der Waals surface area contributed by atoms with Crippen LogP contribution in [0, 0.1) is 17.7 Å². The molecule has 12 heteroatoms. The Morgan fingerprint density at radius 3 is 2.29 bits per heavy atom. The van der Waals surface area contributed by atoms with E-state index < -0.39 is 23.7 Å². The van der Waals surface area contributed by atoms with Crippen LogP contribution in [0.15, 0.2) is 66.5 Å². The maximum atomic E-state index is 15.8. The smallest absolute Gasteiger partial charge is 0.270 e.